The van der Waals surface area contributed by atoms with Gasteiger partial charge >= 0.3 is 0 Å². The Hall–Kier alpha value is -3.49. The summed E-state index contributed by atoms with van der Waals surface area (Å²) in [5, 5.41) is 13.3. The molecule has 1 aliphatic rings. The number of carbonyl (C=O) groups excluding carboxylic acids is 1. The zero-order chi connectivity index (χ0) is 27.0. The highest BCUT2D eigenvalue weighted by atomic mass is 32.2. The molecule has 2 N–H and O–H groups in total. The predicted molar refractivity (Wildman–Crippen MR) is 153 cm³/mol. The minimum absolute atomic E-state index is 0.0151. The summed E-state index contributed by atoms with van der Waals surface area (Å²) in [4.78, 5) is 15.9. The standard InChI is InChI=1S/C32H32N2O4S/c1-22(36)34-19-27-6-2-3-7-29(27)24-13-15-26(16-14-24)32-37-28(21-39-31-8-4-5-17-33-31)18-30(38-32)25-11-9-23(20-35)10-12-25/h2-17,28,30,32,35H,18-21H2,1H3,(H,34,36)/t28-,30+,32+/m1/s1. The predicted octanol–water partition coefficient (Wildman–Crippen LogP) is 6.21. The third-order valence-corrected chi connectivity index (χ3v) is 7.78. The van der Waals surface area contributed by atoms with Crippen LogP contribution in [0.15, 0.2) is 102 Å². The second kappa shape index (κ2) is 13.0. The second-order valence-corrected chi connectivity index (χ2v) is 10.6. The van der Waals surface area contributed by atoms with Crippen molar-refractivity contribution in [1.82, 2.24) is 10.3 Å². The van der Waals surface area contributed by atoms with E-state index in [1.807, 2.05) is 60.7 Å². The molecule has 1 fully saturated rings. The van der Waals surface area contributed by atoms with Crippen LogP contribution >= 0.6 is 11.8 Å². The number of ether oxygens (including phenoxy) is 2. The first-order valence-corrected chi connectivity index (χ1v) is 14.0. The van der Waals surface area contributed by atoms with Crippen LogP contribution in [0.4, 0.5) is 0 Å². The Morgan fingerprint density at radius 2 is 1.69 bits per heavy atom. The maximum Gasteiger partial charge on any atom is 0.217 e. The Morgan fingerprint density at radius 3 is 2.41 bits per heavy atom. The van der Waals surface area contributed by atoms with E-state index in [0.29, 0.717) is 6.54 Å². The van der Waals surface area contributed by atoms with Gasteiger partial charge in [-0.1, -0.05) is 78.9 Å². The van der Waals surface area contributed by atoms with Crippen molar-refractivity contribution >= 4 is 17.7 Å². The Bertz CT molecular complexity index is 1360. The number of aromatic nitrogens is 1. The van der Waals surface area contributed by atoms with Gasteiger partial charge in [0, 0.05) is 37.4 Å². The molecular formula is C32H32N2O4S. The molecule has 200 valence electrons. The molecule has 3 atom stereocenters. The first-order valence-electron chi connectivity index (χ1n) is 13.1. The highest BCUT2D eigenvalue weighted by Crippen LogP contribution is 2.39. The number of pyridine rings is 1. The number of hydrogen-bond acceptors (Lipinski definition) is 6. The SMILES string of the molecule is CC(=O)NCc1ccccc1-c1ccc([C@H]2O[C@@H](CSc3ccccn3)C[C@@H](c3ccc(CO)cc3)O2)cc1. The van der Waals surface area contributed by atoms with Crippen LogP contribution in [-0.2, 0) is 27.4 Å². The van der Waals surface area contributed by atoms with E-state index >= 15 is 0 Å². The zero-order valence-electron chi connectivity index (χ0n) is 21.8. The average molecular weight is 541 g/mol. The molecular weight excluding hydrogens is 508 g/mol. The van der Waals surface area contributed by atoms with E-state index in [1.165, 1.54) is 6.92 Å². The van der Waals surface area contributed by atoms with Crippen LogP contribution in [0.5, 0.6) is 0 Å². The molecule has 39 heavy (non-hydrogen) atoms. The van der Waals surface area contributed by atoms with Gasteiger partial charge in [0.1, 0.15) is 0 Å². The molecule has 4 aromatic rings. The summed E-state index contributed by atoms with van der Waals surface area (Å²) in [6.07, 6.45) is 1.85. The Morgan fingerprint density at radius 1 is 0.949 bits per heavy atom. The van der Waals surface area contributed by atoms with Gasteiger partial charge in [-0.3, -0.25) is 4.79 Å². The minimum atomic E-state index is -0.515. The Kier molecular flexibility index (Phi) is 9.06. The zero-order valence-corrected chi connectivity index (χ0v) is 22.6. The summed E-state index contributed by atoms with van der Waals surface area (Å²) < 4.78 is 13.0. The van der Waals surface area contributed by atoms with Gasteiger partial charge in [-0.15, -0.1) is 11.8 Å². The lowest BCUT2D eigenvalue weighted by atomic mass is 9.98. The molecule has 5 rings (SSSR count). The summed E-state index contributed by atoms with van der Waals surface area (Å²) in [5.41, 5.74) is 6.09. The normalized spacial score (nSPS) is 19.0. The van der Waals surface area contributed by atoms with Crippen LogP contribution in [0, 0.1) is 0 Å². The third kappa shape index (κ3) is 7.13. The molecule has 0 saturated carbocycles. The van der Waals surface area contributed by atoms with Gasteiger partial charge in [0.2, 0.25) is 5.91 Å². The van der Waals surface area contributed by atoms with Crippen LogP contribution in [-0.4, -0.2) is 27.9 Å². The van der Waals surface area contributed by atoms with Crippen LogP contribution in [0.2, 0.25) is 0 Å². The van der Waals surface area contributed by atoms with Crippen molar-refractivity contribution in [2.45, 2.75) is 50.0 Å². The molecule has 0 spiro atoms. The highest BCUT2D eigenvalue weighted by molar-refractivity contribution is 7.99. The van der Waals surface area contributed by atoms with Crippen molar-refractivity contribution in [3.8, 4) is 11.1 Å². The number of nitrogens with zero attached hydrogens (tertiary/aromatic N) is 1. The van der Waals surface area contributed by atoms with Gasteiger partial charge in [0.15, 0.2) is 6.29 Å². The molecule has 3 aromatic carbocycles. The van der Waals surface area contributed by atoms with E-state index in [4.69, 9.17) is 9.47 Å². The fourth-order valence-electron chi connectivity index (χ4n) is 4.63. The first-order chi connectivity index (χ1) is 19.1. The molecule has 1 amide bonds. The van der Waals surface area contributed by atoms with Crippen molar-refractivity contribution in [1.29, 1.82) is 0 Å². The average Bonchev–Trinajstić information content (AvgIpc) is 2.99. The van der Waals surface area contributed by atoms with E-state index in [-0.39, 0.29) is 24.7 Å². The number of carbonyl (C=O) groups is 1. The van der Waals surface area contributed by atoms with Crippen LogP contribution < -0.4 is 5.32 Å². The van der Waals surface area contributed by atoms with Crippen molar-refractivity contribution in [2.24, 2.45) is 0 Å². The van der Waals surface area contributed by atoms with Gasteiger partial charge in [0.05, 0.1) is 23.8 Å². The number of aliphatic hydroxyl groups is 1. The molecule has 1 aliphatic heterocycles. The van der Waals surface area contributed by atoms with Crippen molar-refractivity contribution in [2.75, 3.05) is 5.75 Å². The van der Waals surface area contributed by atoms with E-state index in [2.05, 4.69) is 40.6 Å². The molecule has 2 heterocycles. The number of amides is 1. The molecule has 7 heteroatoms. The van der Waals surface area contributed by atoms with Gasteiger partial charge in [-0.05, 0) is 39.9 Å². The lowest BCUT2D eigenvalue weighted by Gasteiger charge is -2.36. The fraction of sp³-hybridized carbons (Fsp3) is 0.250. The Labute approximate surface area is 233 Å². The van der Waals surface area contributed by atoms with Crippen molar-refractivity contribution in [3.05, 3.63) is 119 Å². The number of benzene rings is 3. The van der Waals surface area contributed by atoms with Crippen molar-refractivity contribution in [3.63, 3.8) is 0 Å². The first kappa shape index (κ1) is 27.1. The molecule has 0 bridgehead atoms. The lowest BCUT2D eigenvalue weighted by molar-refractivity contribution is -0.245. The number of thioether (sulfide) groups is 1. The van der Waals surface area contributed by atoms with Crippen LogP contribution in [0.1, 0.15) is 48.0 Å². The molecule has 0 aliphatic carbocycles. The largest absolute Gasteiger partial charge is 0.392 e. The number of nitrogens with one attached hydrogen (secondary N) is 1. The quantitative estimate of drug-likeness (QED) is 0.246. The molecule has 0 radical (unpaired) electrons. The van der Waals surface area contributed by atoms with Gasteiger partial charge in [-0.25, -0.2) is 4.98 Å². The van der Waals surface area contributed by atoms with E-state index < -0.39 is 6.29 Å². The summed E-state index contributed by atoms with van der Waals surface area (Å²) >= 11 is 1.68. The minimum Gasteiger partial charge on any atom is -0.392 e. The van der Waals surface area contributed by atoms with Gasteiger partial charge < -0.3 is 19.9 Å². The highest BCUT2D eigenvalue weighted by Gasteiger charge is 2.32. The fourth-order valence-corrected chi connectivity index (χ4v) is 5.51. The summed E-state index contributed by atoms with van der Waals surface area (Å²) in [6, 6.07) is 30.2. The topological polar surface area (TPSA) is 80.7 Å². The summed E-state index contributed by atoms with van der Waals surface area (Å²) in [6.45, 7) is 2.02. The van der Waals surface area contributed by atoms with Gasteiger partial charge in [-0.2, -0.15) is 0 Å². The van der Waals surface area contributed by atoms with Crippen molar-refractivity contribution < 1.29 is 19.4 Å². The second-order valence-electron chi connectivity index (χ2n) is 9.52. The monoisotopic (exact) mass is 540 g/mol. The molecule has 1 aromatic heterocycles. The number of rotatable bonds is 9. The van der Waals surface area contributed by atoms with Gasteiger partial charge in [0.25, 0.3) is 0 Å². The lowest BCUT2D eigenvalue weighted by Crippen LogP contribution is -2.31. The summed E-state index contributed by atoms with van der Waals surface area (Å²) in [5.74, 6) is 0.708. The third-order valence-electron chi connectivity index (χ3n) is 6.71. The smallest absolute Gasteiger partial charge is 0.217 e. The number of hydrogen-bond donors (Lipinski definition) is 2. The van der Waals surface area contributed by atoms with E-state index in [0.717, 1.165) is 50.6 Å². The maximum atomic E-state index is 11.4. The molecule has 6 nitrogen and oxygen atoms in total. The van der Waals surface area contributed by atoms with E-state index in [9.17, 15) is 9.90 Å². The molecule has 1 saturated heterocycles. The maximum absolute atomic E-state index is 11.4. The Balaban J connectivity index is 1.36. The van der Waals surface area contributed by atoms with Crippen LogP contribution in [0.3, 0.4) is 0 Å². The van der Waals surface area contributed by atoms with Crippen LogP contribution in [0.25, 0.3) is 11.1 Å². The summed E-state index contributed by atoms with van der Waals surface area (Å²) in [7, 11) is 0. The van der Waals surface area contributed by atoms with E-state index in [1.54, 1.807) is 18.0 Å². The molecule has 0 unspecified atom stereocenters. The number of aliphatic hydroxyl groups excluding tert-OH is 1.